The maximum Gasteiger partial charge on any atom is 0.333 e. The third kappa shape index (κ3) is 4.57. The molecule has 2 heterocycles. The molecule has 34 heavy (non-hydrogen) atoms. The van der Waals surface area contributed by atoms with Gasteiger partial charge in [-0.2, -0.15) is 0 Å². The summed E-state index contributed by atoms with van der Waals surface area (Å²) in [5.74, 6) is -1.17. The Morgan fingerprint density at radius 2 is 1.47 bits per heavy atom. The second-order valence-corrected chi connectivity index (χ2v) is 11.5. The number of urea groups is 1. The van der Waals surface area contributed by atoms with Crippen LogP contribution in [0.1, 0.15) is 96.8 Å². The molecule has 1 N–H and O–H groups in total. The van der Waals surface area contributed by atoms with Crippen molar-refractivity contribution in [2.75, 3.05) is 26.7 Å². The Bertz CT molecular complexity index is 796. The van der Waals surface area contributed by atoms with Gasteiger partial charge in [-0.3, -0.25) is 24.2 Å². The molecular weight excluding hydrogens is 430 g/mol. The zero-order valence-corrected chi connectivity index (χ0v) is 21.2. The zero-order valence-electron chi connectivity index (χ0n) is 21.2. The fraction of sp³-hybridized carbons (Fsp3) is 0.852. The van der Waals surface area contributed by atoms with Gasteiger partial charge in [-0.25, -0.2) is 4.79 Å². The summed E-state index contributed by atoms with van der Waals surface area (Å²) in [5, 5.41) is 3.41. The number of carbonyl (C=O) groups is 4. The molecule has 0 radical (unpaired) electrons. The SMILES string of the molecule is CN1C(=O)N(CC(=O)C2CNCCC23CCCCCCCCC3)C(=O)C(C)(C2CCCC2)C1=O. The van der Waals surface area contributed by atoms with Crippen molar-refractivity contribution in [2.24, 2.45) is 22.7 Å². The van der Waals surface area contributed by atoms with Crippen LogP contribution in [-0.4, -0.2) is 60.1 Å². The molecular formula is C27H43N3O4. The van der Waals surface area contributed by atoms with E-state index in [1.165, 1.54) is 39.2 Å². The van der Waals surface area contributed by atoms with E-state index in [-0.39, 0.29) is 29.6 Å². The molecule has 2 aliphatic heterocycles. The molecule has 4 rings (SSSR count). The molecule has 2 atom stereocenters. The lowest BCUT2D eigenvalue weighted by Crippen LogP contribution is -2.66. The second kappa shape index (κ2) is 10.5. The van der Waals surface area contributed by atoms with E-state index in [0.29, 0.717) is 6.54 Å². The van der Waals surface area contributed by atoms with Crippen LogP contribution in [0.4, 0.5) is 4.79 Å². The van der Waals surface area contributed by atoms with E-state index in [9.17, 15) is 19.2 Å². The molecule has 7 heteroatoms. The van der Waals surface area contributed by atoms with Crippen molar-refractivity contribution in [3.8, 4) is 0 Å². The lowest BCUT2D eigenvalue weighted by atomic mass is 9.63. The first-order valence-electron chi connectivity index (χ1n) is 13.7. The van der Waals surface area contributed by atoms with E-state index in [2.05, 4.69) is 5.32 Å². The number of nitrogens with one attached hydrogen (secondary N) is 1. The van der Waals surface area contributed by atoms with Crippen molar-refractivity contribution in [1.29, 1.82) is 0 Å². The number of barbiturate groups is 1. The number of rotatable bonds is 4. The van der Waals surface area contributed by atoms with E-state index in [4.69, 9.17) is 0 Å². The molecule has 4 fully saturated rings. The molecule has 190 valence electrons. The van der Waals surface area contributed by atoms with Gasteiger partial charge in [0.1, 0.15) is 5.41 Å². The van der Waals surface area contributed by atoms with Crippen LogP contribution in [0.2, 0.25) is 0 Å². The van der Waals surface area contributed by atoms with Crippen molar-refractivity contribution in [3.05, 3.63) is 0 Å². The third-order valence-electron chi connectivity index (χ3n) is 9.57. The lowest BCUT2D eigenvalue weighted by molar-refractivity contribution is -0.162. The lowest BCUT2D eigenvalue weighted by Gasteiger charge is -2.47. The molecule has 2 saturated heterocycles. The minimum absolute atomic E-state index is 0.0255. The van der Waals surface area contributed by atoms with Crippen molar-refractivity contribution < 1.29 is 19.2 Å². The van der Waals surface area contributed by atoms with Crippen LogP contribution < -0.4 is 5.32 Å². The van der Waals surface area contributed by atoms with Gasteiger partial charge in [-0.05, 0) is 56.9 Å². The maximum absolute atomic E-state index is 13.8. The maximum atomic E-state index is 13.8. The van der Waals surface area contributed by atoms with Crippen LogP contribution in [0.25, 0.3) is 0 Å². The van der Waals surface area contributed by atoms with Gasteiger partial charge in [0.2, 0.25) is 11.8 Å². The molecule has 0 aromatic carbocycles. The number of amides is 4. The molecule has 7 nitrogen and oxygen atoms in total. The molecule has 0 aromatic rings. The Kier molecular flexibility index (Phi) is 7.80. The number of Topliss-reactive ketones (excluding diaryl/α,β-unsaturated/α-hetero) is 1. The molecule has 0 bridgehead atoms. The first kappa shape index (κ1) is 25.3. The molecule has 2 unspecified atom stereocenters. The average Bonchev–Trinajstić information content (AvgIpc) is 3.39. The normalized spacial score (nSPS) is 31.8. The van der Waals surface area contributed by atoms with Crippen molar-refractivity contribution in [2.45, 2.75) is 96.8 Å². The van der Waals surface area contributed by atoms with E-state index in [0.717, 1.165) is 74.1 Å². The summed E-state index contributed by atoms with van der Waals surface area (Å²) in [6, 6.07) is -0.650. The Labute approximate surface area is 204 Å². The van der Waals surface area contributed by atoms with E-state index in [1.54, 1.807) is 6.92 Å². The summed E-state index contributed by atoms with van der Waals surface area (Å²) in [5.41, 5.74) is -1.30. The minimum Gasteiger partial charge on any atom is -0.316 e. The van der Waals surface area contributed by atoms with Gasteiger partial charge < -0.3 is 5.32 Å². The summed E-state index contributed by atoms with van der Waals surface area (Å²) >= 11 is 0. The number of carbonyl (C=O) groups excluding carboxylic acids is 4. The van der Waals surface area contributed by atoms with Crippen LogP contribution in [0.5, 0.6) is 0 Å². The van der Waals surface area contributed by atoms with Crippen LogP contribution in [-0.2, 0) is 14.4 Å². The highest BCUT2D eigenvalue weighted by atomic mass is 16.2. The highest BCUT2D eigenvalue weighted by molar-refractivity contribution is 6.19. The van der Waals surface area contributed by atoms with E-state index >= 15 is 0 Å². The van der Waals surface area contributed by atoms with Gasteiger partial charge >= 0.3 is 6.03 Å². The Morgan fingerprint density at radius 1 is 0.882 bits per heavy atom. The summed E-state index contributed by atoms with van der Waals surface area (Å²) in [6.07, 6.45) is 15.2. The largest absolute Gasteiger partial charge is 0.333 e. The fourth-order valence-corrected chi connectivity index (χ4v) is 7.32. The van der Waals surface area contributed by atoms with Crippen LogP contribution >= 0.6 is 0 Å². The first-order chi connectivity index (χ1) is 16.3. The Morgan fingerprint density at radius 3 is 2.09 bits per heavy atom. The smallest absolute Gasteiger partial charge is 0.316 e. The summed E-state index contributed by atoms with van der Waals surface area (Å²) in [7, 11) is 1.45. The molecule has 2 saturated carbocycles. The quantitative estimate of drug-likeness (QED) is 0.616. The van der Waals surface area contributed by atoms with Gasteiger partial charge in [-0.15, -0.1) is 0 Å². The topological polar surface area (TPSA) is 86.8 Å². The van der Waals surface area contributed by atoms with Gasteiger partial charge in [-0.1, -0.05) is 57.8 Å². The van der Waals surface area contributed by atoms with E-state index < -0.39 is 23.3 Å². The number of hydrogen-bond donors (Lipinski definition) is 1. The van der Waals surface area contributed by atoms with Gasteiger partial charge in [0.05, 0.1) is 6.54 Å². The predicted octanol–water partition coefficient (Wildman–Crippen LogP) is 4.29. The first-order valence-corrected chi connectivity index (χ1v) is 13.7. The molecule has 4 aliphatic rings. The number of imide groups is 2. The summed E-state index contributed by atoms with van der Waals surface area (Å²) in [4.78, 5) is 55.8. The second-order valence-electron chi connectivity index (χ2n) is 11.5. The van der Waals surface area contributed by atoms with Crippen LogP contribution in [0, 0.1) is 22.7 Å². The molecule has 2 aliphatic carbocycles. The zero-order chi connectivity index (χ0) is 24.3. The van der Waals surface area contributed by atoms with Crippen molar-refractivity contribution in [1.82, 2.24) is 15.1 Å². The summed E-state index contributed by atoms with van der Waals surface area (Å²) in [6.45, 7) is 3.01. The van der Waals surface area contributed by atoms with Gasteiger partial charge in [0.15, 0.2) is 5.78 Å². The fourth-order valence-electron chi connectivity index (χ4n) is 7.32. The van der Waals surface area contributed by atoms with E-state index in [1.807, 2.05) is 0 Å². The molecule has 4 amide bonds. The standard InChI is InChI=1S/C27H43N3O4/c1-26(20-12-8-9-13-20)23(32)29(2)25(34)30(24(26)33)19-22(31)21-18-28-17-16-27(21)14-10-6-4-3-5-7-11-15-27/h20-21,28H,3-19H2,1-2H3. The van der Waals surface area contributed by atoms with Crippen molar-refractivity contribution >= 4 is 23.6 Å². The Balaban J connectivity index is 1.56. The minimum atomic E-state index is -1.25. The number of hydrogen-bond acceptors (Lipinski definition) is 5. The van der Waals surface area contributed by atoms with Gasteiger partial charge in [0, 0.05) is 19.5 Å². The third-order valence-corrected chi connectivity index (χ3v) is 9.57. The molecule has 0 aromatic heterocycles. The predicted molar refractivity (Wildman–Crippen MR) is 130 cm³/mol. The Hall–Kier alpha value is -1.76. The van der Waals surface area contributed by atoms with Crippen LogP contribution in [0.15, 0.2) is 0 Å². The highest BCUT2D eigenvalue weighted by Gasteiger charge is 2.58. The summed E-state index contributed by atoms with van der Waals surface area (Å²) < 4.78 is 0. The van der Waals surface area contributed by atoms with Crippen LogP contribution in [0.3, 0.4) is 0 Å². The monoisotopic (exact) mass is 473 g/mol. The average molecular weight is 474 g/mol. The number of nitrogens with zero attached hydrogens (tertiary/aromatic N) is 2. The van der Waals surface area contributed by atoms with Gasteiger partial charge in [0.25, 0.3) is 0 Å². The molecule has 1 spiro atoms. The number of ketones is 1. The highest BCUT2D eigenvalue weighted by Crippen LogP contribution is 2.47. The van der Waals surface area contributed by atoms with Crippen molar-refractivity contribution in [3.63, 3.8) is 0 Å². The number of piperidine rings is 1.